The maximum atomic E-state index is 10.7. The Morgan fingerprint density at radius 1 is 1.50 bits per heavy atom. The summed E-state index contributed by atoms with van der Waals surface area (Å²) in [6.07, 6.45) is 3.06. The van der Waals surface area contributed by atoms with Crippen LogP contribution in [-0.4, -0.2) is 56.2 Å². The predicted octanol–water partition coefficient (Wildman–Crippen LogP) is -0.164. The van der Waals surface area contributed by atoms with Gasteiger partial charge in [-0.2, -0.15) is 4.98 Å². The fraction of sp³-hybridized carbons (Fsp3) is 0.364. The molecular formula is C11H12N6O3. The van der Waals surface area contributed by atoms with Gasteiger partial charge in [-0.15, -0.1) is 5.10 Å². The van der Waals surface area contributed by atoms with Gasteiger partial charge in [0, 0.05) is 25.4 Å². The highest BCUT2D eigenvalue weighted by Gasteiger charge is 2.31. The Morgan fingerprint density at radius 2 is 2.30 bits per heavy atom. The third kappa shape index (κ3) is 2.13. The van der Waals surface area contributed by atoms with E-state index in [0.29, 0.717) is 24.9 Å². The van der Waals surface area contributed by atoms with Crippen LogP contribution in [0.5, 0.6) is 5.88 Å². The molecule has 1 aliphatic heterocycles. The zero-order valence-corrected chi connectivity index (χ0v) is 10.7. The number of aromatic carboxylic acids is 1. The van der Waals surface area contributed by atoms with Crippen molar-refractivity contribution in [2.24, 2.45) is 0 Å². The number of aromatic nitrogens is 5. The van der Waals surface area contributed by atoms with Gasteiger partial charge in [-0.05, 0) is 0 Å². The minimum atomic E-state index is -1.08. The molecule has 2 aromatic heterocycles. The zero-order valence-electron chi connectivity index (χ0n) is 10.7. The largest absolute Gasteiger partial charge is 0.481 e. The molecule has 3 heterocycles. The van der Waals surface area contributed by atoms with Gasteiger partial charge >= 0.3 is 5.97 Å². The summed E-state index contributed by atoms with van der Waals surface area (Å²) >= 11 is 0. The van der Waals surface area contributed by atoms with Crippen molar-refractivity contribution in [3.8, 4) is 5.88 Å². The Morgan fingerprint density at radius 3 is 2.95 bits per heavy atom. The Labute approximate surface area is 113 Å². The topological polar surface area (TPSA) is 106 Å². The van der Waals surface area contributed by atoms with Crippen LogP contribution >= 0.6 is 0 Å². The van der Waals surface area contributed by atoms with Crippen LogP contribution in [0, 0.1) is 0 Å². The van der Waals surface area contributed by atoms with Crippen LogP contribution in [0.15, 0.2) is 18.5 Å². The summed E-state index contributed by atoms with van der Waals surface area (Å²) in [5, 5.41) is 16.2. The molecule has 1 N–H and O–H groups in total. The third-order valence-corrected chi connectivity index (χ3v) is 3.08. The van der Waals surface area contributed by atoms with Gasteiger partial charge in [0.25, 0.3) is 0 Å². The quantitative estimate of drug-likeness (QED) is 0.820. The predicted molar refractivity (Wildman–Crippen MR) is 66.8 cm³/mol. The van der Waals surface area contributed by atoms with Gasteiger partial charge in [0.2, 0.25) is 11.8 Å². The van der Waals surface area contributed by atoms with Crippen LogP contribution < -0.4 is 9.64 Å². The summed E-state index contributed by atoms with van der Waals surface area (Å²) in [4.78, 5) is 21.1. The highest BCUT2D eigenvalue weighted by molar-refractivity contribution is 5.84. The molecule has 1 fully saturated rings. The number of carbonyl (C=O) groups is 1. The molecule has 0 unspecified atom stereocenters. The molecule has 0 saturated carbocycles. The number of ether oxygens (including phenoxy) is 1. The molecule has 0 spiro atoms. The molecule has 1 saturated heterocycles. The third-order valence-electron chi connectivity index (χ3n) is 3.08. The van der Waals surface area contributed by atoms with E-state index in [-0.39, 0.29) is 11.7 Å². The molecule has 0 radical (unpaired) electrons. The van der Waals surface area contributed by atoms with Crippen molar-refractivity contribution in [1.29, 1.82) is 0 Å². The number of carboxylic acid groups (broad SMARTS) is 1. The molecule has 1 aliphatic rings. The molecule has 0 atom stereocenters. The van der Waals surface area contributed by atoms with Crippen LogP contribution in [0.3, 0.4) is 0 Å². The molecule has 0 aromatic carbocycles. The molecule has 0 bridgehead atoms. The number of carboxylic acids is 1. The van der Waals surface area contributed by atoms with E-state index >= 15 is 0 Å². The second kappa shape index (κ2) is 4.76. The average Bonchev–Trinajstić information content (AvgIpc) is 2.87. The molecule has 0 aliphatic carbocycles. The maximum Gasteiger partial charge on any atom is 0.358 e. The summed E-state index contributed by atoms with van der Waals surface area (Å²) in [7, 11) is 1.55. The SMILES string of the molecule is COc1ccnc(N2CC(n3cc(C(=O)O)nn3)C2)n1. The van der Waals surface area contributed by atoms with E-state index in [1.807, 2.05) is 4.90 Å². The van der Waals surface area contributed by atoms with Gasteiger partial charge in [0.05, 0.1) is 19.3 Å². The molecule has 9 nitrogen and oxygen atoms in total. The first-order valence-corrected chi connectivity index (χ1v) is 5.94. The zero-order chi connectivity index (χ0) is 14.1. The molecule has 104 valence electrons. The lowest BCUT2D eigenvalue weighted by atomic mass is 10.1. The van der Waals surface area contributed by atoms with E-state index in [2.05, 4.69) is 20.3 Å². The minimum absolute atomic E-state index is 0.0546. The smallest absolute Gasteiger partial charge is 0.358 e. The first-order chi connectivity index (χ1) is 9.67. The van der Waals surface area contributed by atoms with E-state index in [9.17, 15) is 4.79 Å². The van der Waals surface area contributed by atoms with E-state index in [1.165, 1.54) is 6.20 Å². The van der Waals surface area contributed by atoms with Crippen molar-refractivity contribution in [3.05, 3.63) is 24.2 Å². The molecule has 0 amide bonds. The second-order valence-corrected chi connectivity index (χ2v) is 4.35. The highest BCUT2D eigenvalue weighted by Crippen LogP contribution is 2.25. The van der Waals surface area contributed by atoms with Crippen molar-refractivity contribution < 1.29 is 14.6 Å². The van der Waals surface area contributed by atoms with Gasteiger partial charge < -0.3 is 14.7 Å². The van der Waals surface area contributed by atoms with Gasteiger partial charge in [-0.1, -0.05) is 5.21 Å². The average molecular weight is 276 g/mol. The normalized spacial score (nSPS) is 14.9. The lowest BCUT2D eigenvalue weighted by Crippen LogP contribution is -2.48. The lowest BCUT2D eigenvalue weighted by Gasteiger charge is -2.38. The molecule has 9 heteroatoms. The summed E-state index contributed by atoms with van der Waals surface area (Å²) in [5.74, 6) is 0.00935. The Hall–Kier alpha value is -2.71. The second-order valence-electron chi connectivity index (χ2n) is 4.35. The van der Waals surface area contributed by atoms with Crippen molar-refractivity contribution in [1.82, 2.24) is 25.0 Å². The highest BCUT2D eigenvalue weighted by atomic mass is 16.5. The van der Waals surface area contributed by atoms with Gasteiger partial charge in [0.1, 0.15) is 0 Å². The van der Waals surface area contributed by atoms with Gasteiger partial charge in [0.15, 0.2) is 5.69 Å². The number of methoxy groups -OCH3 is 1. The fourth-order valence-electron chi connectivity index (χ4n) is 1.94. The van der Waals surface area contributed by atoms with Crippen LogP contribution in [0.25, 0.3) is 0 Å². The van der Waals surface area contributed by atoms with Crippen molar-refractivity contribution >= 4 is 11.9 Å². The first-order valence-electron chi connectivity index (χ1n) is 5.94. The Kier molecular flexibility index (Phi) is 2.93. The number of hydrogen-bond donors (Lipinski definition) is 1. The van der Waals surface area contributed by atoms with E-state index < -0.39 is 5.97 Å². The van der Waals surface area contributed by atoms with Crippen molar-refractivity contribution in [2.45, 2.75) is 6.04 Å². The van der Waals surface area contributed by atoms with Gasteiger partial charge in [-0.3, -0.25) is 0 Å². The van der Waals surface area contributed by atoms with E-state index in [1.54, 1.807) is 24.1 Å². The summed E-state index contributed by atoms with van der Waals surface area (Å²) < 4.78 is 6.60. The van der Waals surface area contributed by atoms with Crippen molar-refractivity contribution in [3.63, 3.8) is 0 Å². The molecule has 2 aromatic rings. The van der Waals surface area contributed by atoms with Crippen LogP contribution in [-0.2, 0) is 0 Å². The van der Waals surface area contributed by atoms with Crippen molar-refractivity contribution in [2.75, 3.05) is 25.1 Å². The molecular weight excluding hydrogens is 264 g/mol. The van der Waals surface area contributed by atoms with Crippen LogP contribution in [0.4, 0.5) is 5.95 Å². The fourth-order valence-corrected chi connectivity index (χ4v) is 1.94. The summed E-state index contributed by atoms with van der Waals surface area (Å²) in [5.41, 5.74) is -0.0546. The van der Waals surface area contributed by atoms with Crippen LogP contribution in [0.2, 0.25) is 0 Å². The number of hydrogen-bond acceptors (Lipinski definition) is 7. The Balaban J connectivity index is 1.66. The summed E-state index contributed by atoms with van der Waals surface area (Å²) in [6.45, 7) is 1.30. The van der Waals surface area contributed by atoms with E-state index in [4.69, 9.17) is 9.84 Å². The number of nitrogens with zero attached hydrogens (tertiary/aromatic N) is 6. The first kappa shape index (κ1) is 12.3. The summed E-state index contributed by atoms with van der Waals surface area (Å²) in [6, 6.07) is 1.75. The maximum absolute atomic E-state index is 10.7. The minimum Gasteiger partial charge on any atom is -0.481 e. The van der Waals surface area contributed by atoms with Gasteiger partial charge in [-0.25, -0.2) is 14.5 Å². The van der Waals surface area contributed by atoms with E-state index in [0.717, 1.165) is 0 Å². The number of rotatable bonds is 4. The standard InChI is InChI=1S/C11H12N6O3/c1-20-9-2-3-12-11(13-9)16-4-7(5-16)17-6-8(10(18)19)14-15-17/h2-3,6-7H,4-5H2,1H3,(H,18,19). The number of anilines is 1. The molecule has 20 heavy (non-hydrogen) atoms. The molecule has 3 rings (SSSR count). The Bertz CT molecular complexity index is 637. The lowest BCUT2D eigenvalue weighted by molar-refractivity contribution is 0.0690. The van der Waals surface area contributed by atoms with Crippen LogP contribution in [0.1, 0.15) is 16.5 Å². The monoisotopic (exact) mass is 276 g/mol.